The highest BCUT2D eigenvalue weighted by molar-refractivity contribution is 7.98. The zero-order valence-corrected chi connectivity index (χ0v) is 15.6. The molecule has 0 aliphatic rings. The van der Waals surface area contributed by atoms with Crippen molar-refractivity contribution >= 4 is 34.6 Å². The third kappa shape index (κ3) is 3.70. The lowest BCUT2D eigenvalue weighted by molar-refractivity contribution is -0.141. The van der Waals surface area contributed by atoms with Crippen LogP contribution in [0.1, 0.15) is 13.8 Å². The molecule has 27 heavy (non-hydrogen) atoms. The van der Waals surface area contributed by atoms with Gasteiger partial charge >= 0.3 is 5.97 Å². The molecule has 3 heterocycles. The highest BCUT2D eigenvalue weighted by Crippen LogP contribution is 2.31. The van der Waals surface area contributed by atoms with Crippen LogP contribution >= 0.6 is 11.8 Å². The van der Waals surface area contributed by atoms with Crippen LogP contribution in [-0.4, -0.2) is 43.3 Å². The van der Waals surface area contributed by atoms with Crippen molar-refractivity contribution in [2.75, 3.05) is 11.6 Å². The van der Waals surface area contributed by atoms with Crippen molar-refractivity contribution < 1.29 is 18.7 Å². The van der Waals surface area contributed by atoms with Crippen LogP contribution < -0.4 is 5.32 Å². The standard InChI is InChI=1S/C17H17F2N5O2S/c1-7(17(25)26)8(2)22-15-12(19)16(27-3)24-14(23-15)11-6-21-13-10(11)4-9(18)5-20-13/h4-8H,1-3H3,(H,20,21)(H,25,26)(H,22,23,24)/t7-,8-/m0/s1. The van der Waals surface area contributed by atoms with Crippen molar-refractivity contribution in [1.82, 2.24) is 19.9 Å². The summed E-state index contributed by atoms with van der Waals surface area (Å²) < 4.78 is 28.2. The van der Waals surface area contributed by atoms with Gasteiger partial charge in [-0.2, -0.15) is 4.39 Å². The fraction of sp³-hybridized carbons (Fsp3) is 0.294. The molecule has 0 saturated carbocycles. The van der Waals surface area contributed by atoms with Crippen LogP contribution in [0.15, 0.2) is 23.5 Å². The molecule has 0 fully saturated rings. The Bertz CT molecular complexity index is 1010. The first-order valence-corrected chi connectivity index (χ1v) is 9.28. The average Bonchev–Trinajstić information content (AvgIpc) is 3.05. The van der Waals surface area contributed by atoms with Gasteiger partial charge in [-0.25, -0.2) is 19.3 Å². The summed E-state index contributed by atoms with van der Waals surface area (Å²) in [6, 6.07) is 0.721. The molecule has 0 saturated heterocycles. The molecule has 10 heteroatoms. The van der Waals surface area contributed by atoms with E-state index in [1.54, 1.807) is 19.4 Å². The molecule has 0 bridgehead atoms. The van der Waals surface area contributed by atoms with Gasteiger partial charge in [0.2, 0.25) is 0 Å². The van der Waals surface area contributed by atoms with Crippen LogP contribution in [0.3, 0.4) is 0 Å². The molecule has 3 rings (SSSR count). The van der Waals surface area contributed by atoms with E-state index in [1.165, 1.54) is 13.0 Å². The Kier molecular flexibility index (Phi) is 5.26. The van der Waals surface area contributed by atoms with Gasteiger partial charge in [-0.3, -0.25) is 4.79 Å². The Morgan fingerprint density at radius 3 is 2.74 bits per heavy atom. The van der Waals surface area contributed by atoms with E-state index in [-0.39, 0.29) is 16.7 Å². The maximum absolute atomic E-state index is 14.7. The van der Waals surface area contributed by atoms with E-state index in [0.717, 1.165) is 18.0 Å². The van der Waals surface area contributed by atoms with Crippen LogP contribution in [0.2, 0.25) is 0 Å². The number of thioether (sulfide) groups is 1. The molecular weight excluding hydrogens is 376 g/mol. The van der Waals surface area contributed by atoms with Gasteiger partial charge in [0.15, 0.2) is 17.5 Å². The van der Waals surface area contributed by atoms with E-state index in [2.05, 4.69) is 25.3 Å². The Morgan fingerprint density at radius 2 is 2.07 bits per heavy atom. The molecule has 0 aliphatic heterocycles. The van der Waals surface area contributed by atoms with Gasteiger partial charge in [0, 0.05) is 23.2 Å². The number of aromatic nitrogens is 4. The number of hydrogen-bond acceptors (Lipinski definition) is 6. The van der Waals surface area contributed by atoms with Crippen molar-refractivity contribution in [1.29, 1.82) is 0 Å². The summed E-state index contributed by atoms with van der Waals surface area (Å²) in [5.74, 6) is -2.88. The van der Waals surface area contributed by atoms with Crippen LogP contribution in [-0.2, 0) is 4.79 Å². The second-order valence-electron chi connectivity index (χ2n) is 6.03. The number of hydrogen-bond donors (Lipinski definition) is 3. The topological polar surface area (TPSA) is 104 Å². The summed E-state index contributed by atoms with van der Waals surface area (Å²) in [6.07, 6.45) is 4.32. The van der Waals surface area contributed by atoms with Crippen LogP contribution in [0.5, 0.6) is 0 Å². The van der Waals surface area contributed by atoms with Crippen molar-refractivity contribution in [2.24, 2.45) is 5.92 Å². The number of aromatic amines is 1. The molecule has 0 radical (unpaired) electrons. The average molecular weight is 393 g/mol. The highest BCUT2D eigenvalue weighted by atomic mass is 32.2. The van der Waals surface area contributed by atoms with E-state index < -0.39 is 29.6 Å². The molecule has 2 atom stereocenters. The number of aliphatic carboxylic acids is 1. The number of halogens is 2. The lowest BCUT2D eigenvalue weighted by atomic mass is 10.0. The first-order valence-electron chi connectivity index (χ1n) is 8.05. The normalized spacial score (nSPS) is 13.5. The summed E-state index contributed by atoms with van der Waals surface area (Å²) in [5, 5.41) is 12.5. The Morgan fingerprint density at radius 1 is 1.33 bits per heavy atom. The molecule has 0 unspecified atom stereocenters. The van der Waals surface area contributed by atoms with Crippen molar-refractivity contribution in [3.8, 4) is 11.4 Å². The van der Waals surface area contributed by atoms with E-state index >= 15 is 0 Å². The second-order valence-corrected chi connectivity index (χ2v) is 6.83. The van der Waals surface area contributed by atoms with Gasteiger partial charge in [0.05, 0.1) is 12.1 Å². The number of carboxylic acids is 1. The summed E-state index contributed by atoms with van der Waals surface area (Å²) in [6.45, 7) is 3.15. The lowest BCUT2D eigenvalue weighted by Gasteiger charge is -2.19. The van der Waals surface area contributed by atoms with Gasteiger partial charge in [0.25, 0.3) is 0 Å². The molecule has 142 valence electrons. The van der Waals surface area contributed by atoms with Gasteiger partial charge in [0.1, 0.15) is 16.5 Å². The predicted octanol–water partition coefficient (Wildman–Crippen LogP) is 3.54. The summed E-state index contributed by atoms with van der Waals surface area (Å²) in [5.41, 5.74) is 0.918. The number of pyridine rings is 1. The maximum atomic E-state index is 14.7. The minimum atomic E-state index is -1.01. The quantitative estimate of drug-likeness (QED) is 0.435. The number of fused-ring (bicyclic) bond motifs is 1. The first-order chi connectivity index (χ1) is 12.8. The van der Waals surface area contributed by atoms with Crippen molar-refractivity contribution in [2.45, 2.75) is 24.9 Å². The molecule has 0 amide bonds. The number of carboxylic acid groups (broad SMARTS) is 1. The zero-order valence-electron chi connectivity index (χ0n) is 14.7. The Labute approximate surface area is 157 Å². The van der Waals surface area contributed by atoms with Crippen LogP contribution in [0, 0.1) is 17.6 Å². The zero-order chi connectivity index (χ0) is 19.7. The summed E-state index contributed by atoms with van der Waals surface area (Å²) >= 11 is 1.09. The monoisotopic (exact) mass is 393 g/mol. The van der Waals surface area contributed by atoms with Gasteiger partial charge < -0.3 is 15.4 Å². The van der Waals surface area contributed by atoms with Crippen molar-refractivity contribution in [3.63, 3.8) is 0 Å². The highest BCUT2D eigenvalue weighted by Gasteiger charge is 2.23. The number of H-pyrrole nitrogens is 1. The Hall–Kier alpha value is -2.75. The van der Waals surface area contributed by atoms with E-state index in [0.29, 0.717) is 16.6 Å². The minimum Gasteiger partial charge on any atom is -0.481 e. The number of rotatable bonds is 6. The lowest BCUT2D eigenvalue weighted by Crippen LogP contribution is -2.30. The third-order valence-electron chi connectivity index (χ3n) is 4.26. The molecule has 7 nitrogen and oxygen atoms in total. The van der Waals surface area contributed by atoms with Gasteiger partial charge in [-0.15, -0.1) is 11.8 Å². The molecule has 0 aromatic carbocycles. The fourth-order valence-electron chi connectivity index (χ4n) is 2.50. The SMILES string of the molecule is CSc1nc(-c2c[nH]c3ncc(F)cc23)nc(N[C@@H](C)[C@H](C)C(=O)O)c1F. The van der Waals surface area contributed by atoms with E-state index in [9.17, 15) is 13.6 Å². The van der Waals surface area contributed by atoms with Crippen molar-refractivity contribution in [3.05, 3.63) is 30.1 Å². The number of nitrogens with one attached hydrogen (secondary N) is 2. The number of nitrogens with zero attached hydrogens (tertiary/aromatic N) is 3. The maximum Gasteiger partial charge on any atom is 0.308 e. The number of carbonyl (C=O) groups is 1. The largest absolute Gasteiger partial charge is 0.481 e. The van der Waals surface area contributed by atoms with Gasteiger partial charge in [-0.05, 0) is 26.2 Å². The number of anilines is 1. The van der Waals surface area contributed by atoms with Crippen LogP contribution in [0.25, 0.3) is 22.4 Å². The van der Waals surface area contributed by atoms with E-state index in [4.69, 9.17) is 5.11 Å². The van der Waals surface area contributed by atoms with Gasteiger partial charge in [-0.1, -0.05) is 0 Å². The fourth-order valence-corrected chi connectivity index (χ4v) is 2.95. The predicted molar refractivity (Wildman–Crippen MR) is 98.7 cm³/mol. The first kappa shape index (κ1) is 19.0. The molecule has 0 aliphatic carbocycles. The smallest absolute Gasteiger partial charge is 0.308 e. The van der Waals surface area contributed by atoms with E-state index in [1.807, 2.05) is 0 Å². The summed E-state index contributed by atoms with van der Waals surface area (Å²) in [7, 11) is 0. The molecular formula is C17H17F2N5O2S. The third-order valence-corrected chi connectivity index (χ3v) is 4.91. The Balaban J connectivity index is 2.08. The molecule has 3 aromatic heterocycles. The molecule has 0 spiro atoms. The molecule has 3 aromatic rings. The van der Waals surface area contributed by atoms with Crippen LogP contribution in [0.4, 0.5) is 14.6 Å². The second kappa shape index (κ2) is 7.47. The molecule has 3 N–H and O–H groups in total. The minimum absolute atomic E-state index is 0.0939. The summed E-state index contributed by atoms with van der Waals surface area (Å²) in [4.78, 5) is 26.4.